The first-order chi connectivity index (χ1) is 8.24. The molecule has 0 aliphatic heterocycles. The zero-order valence-corrected chi connectivity index (χ0v) is 13.5. The topological polar surface area (TPSA) is 38.1 Å². The Morgan fingerprint density at radius 1 is 1.06 bits per heavy atom. The van der Waals surface area contributed by atoms with Crippen molar-refractivity contribution in [2.24, 2.45) is 0 Å². The van der Waals surface area contributed by atoms with E-state index in [1.54, 1.807) is 12.1 Å². The van der Waals surface area contributed by atoms with Gasteiger partial charge >= 0.3 is 115 Å². The molecular formula is C13H9N2OTl. The van der Waals surface area contributed by atoms with Crippen molar-refractivity contribution in [3.8, 4) is 16.9 Å². The first-order valence-electron chi connectivity index (χ1n) is 5.25. The number of phenols is 1. The average Bonchev–Trinajstić information content (AvgIpc) is 2.71. The number of nitrogens with zero attached hydrogens (tertiary/aromatic N) is 2. The minimum atomic E-state index is 0.295. The summed E-state index contributed by atoms with van der Waals surface area (Å²) in [5, 5.41) is 9.49. The first-order valence-corrected chi connectivity index (χ1v) is 7.26. The number of rotatable bonds is 1. The fourth-order valence-corrected chi connectivity index (χ4v) is 2.95. The Morgan fingerprint density at radius 3 is 2.71 bits per heavy atom. The molecule has 3 aromatic rings. The molecule has 0 atom stereocenters. The van der Waals surface area contributed by atoms with Crippen LogP contribution in [-0.4, -0.2) is 38.5 Å². The van der Waals surface area contributed by atoms with Crippen molar-refractivity contribution >= 4 is 37.1 Å². The SMILES string of the molecule is Oc1cccc(-c2ccc3nc[n]([Tl])c3c2)c1. The summed E-state index contributed by atoms with van der Waals surface area (Å²) in [6, 6.07) is 13.5. The van der Waals surface area contributed by atoms with Crippen LogP contribution in [0.4, 0.5) is 0 Å². The van der Waals surface area contributed by atoms with Crippen LogP contribution in [0, 0.1) is 0 Å². The minimum absolute atomic E-state index is 0.295. The van der Waals surface area contributed by atoms with E-state index in [0.29, 0.717) is 31.8 Å². The van der Waals surface area contributed by atoms with Crippen LogP contribution in [0.15, 0.2) is 48.8 Å². The Kier molecular flexibility index (Phi) is 2.62. The summed E-state index contributed by atoms with van der Waals surface area (Å²) in [4.78, 5) is 4.33. The molecule has 0 saturated heterocycles. The predicted octanol–water partition coefficient (Wildman–Crippen LogP) is 2.34. The normalized spacial score (nSPS) is 10.8. The van der Waals surface area contributed by atoms with Crippen LogP contribution >= 0.6 is 0 Å². The van der Waals surface area contributed by atoms with Crippen LogP contribution in [0.1, 0.15) is 0 Å². The molecule has 1 aromatic heterocycles. The third-order valence-corrected chi connectivity index (χ3v) is 4.35. The van der Waals surface area contributed by atoms with Crippen LogP contribution in [0.3, 0.4) is 0 Å². The van der Waals surface area contributed by atoms with Gasteiger partial charge in [0.15, 0.2) is 0 Å². The van der Waals surface area contributed by atoms with Gasteiger partial charge in [0.1, 0.15) is 0 Å². The van der Waals surface area contributed by atoms with E-state index in [1.807, 2.05) is 30.6 Å². The molecule has 3 nitrogen and oxygen atoms in total. The Morgan fingerprint density at radius 2 is 1.88 bits per heavy atom. The fraction of sp³-hybridized carbons (Fsp3) is 0. The first kappa shape index (κ1) is 10.8. The Hall–Kier alpha value is -1.37. The number of benzene rings is 2. The monoisotopic (exact) mass is 414 g/mol. The molecule has 0 amide bonds. The molecule has 4 heteroatoms. The summed E-state index contributed by atoms with van der Waals surface area (Å²) < 4.78 is 2.15. The van der Waals surface area contributed by atoms with Crippen LogP contribution < -0.4 is 0 Å². The molecule has 2 aromatic carbocycles. The van der Waals surface area contributed by atoms with Crippen molar-refractivity contribution < 1.29 is 5.11 Å². The molecule has 1 heterocycles. The van der Waals surface area contributed by atoms with Crippen LogP contribution in [0.2, 0.25) is 0 Å². The van der Waals surface area contributed by atoms with Gasteiger partial charge in [-0.05, 0) is 0 Å². The number of phenolic OH excluding ortho intramolecular Hbond substituents is 1. The molecule has 0 aliphatic carbocycles. The van der Waals surface area contributed by atoms with Gasteiger partial charge in [-0.15, -0.1) is 0 Å². The summed E-state index contributed by atoms with van der Waals surface area (Å²) in [6.07, 6.45) is 1.88. The zero-order chi connectivity index (χ0) is 11.8. The van der Waals surface area contributed by atoms with E-state index >= 15 is 0 Å². The molecule has 1 N–H and O–H groups in total. The molecule has 0 unspecified atom stereocenters. The second kappa shape index (κ2) is 4.14. The summed E-state index contributed by atoms with van der Waals surface area (Å²) in [6.45, 7) is 0. The van der Waals surface area contributed by atoms with Gasteiger partial charge in [-0.3, -0.25) is 0 Å². The van der Waals surface area contributed by atoms with E-state index in [4.69, 9.17) is 0 Å². The van der Waals surface area contributed by atoms with E-state index < -0.39 is 0 Å². The third kappa shape index (κ3) is 1.95. The van der Waals surface area contributed by atoms with Gasteiger partial charge in [-0.2, -0.15) is 0 Å². The van der Waals surface area contributed by atoms with Gasteiger partial charge in [-0.1, -0.05) is 0 Å². The third-order valence-electron chi connectivity index (χ3n) is 2.75. The van der Waals surface area contributed by atoms with Gasteiger partial charge in [0, 0.05) is 0 Å². The summed E-state index contributed by atoms with van der Waals surface area (Å²) in [5.41, 5.74) is 4.32. The van der Waals surface area contributed by atoms with Gasteiger partial charge in [0.25, 0.3) is 0 Å². The van der Waals surface area contributed by atoms with Crippen molar-refractivity contribution in [3.05, 3.63) is 48.8 Å². The van der Waals surface area contributed by atoms with Gasteiger partial charge in [-0.25, -0.2) is 0 Å². The molecule has 0 bridgehead atoms. The maximum absolute atomic E-state index is 9.49. The van der Waals surface area contributed by atoms with Crippen molar-refractivity contribution in [3.63, 3.8) is 0 Å². The molecule has 0 fully saturated rings. The Balaban J connectivity index is 2.20. The van der Waals surface area contributed by atoms with Crippen LogP contribution in [0.5, 0.6) is 5.75 Å². The maximum atomic E-state index is 9.49. The summed E-state index contributed by atoms with van der Waals surface area (Å²) in [5.74, 6) is 0.295. The standard InChI is InChI=1S/C13H9N2O.Tl/c16-11-3-1-2-9(6-11)10-4-5-12-13(7-10)15-8-14-12;/h1-8H,(H-,14,15,16);/q-1;+1. The van der Waals surface area contributed by atoms with E-state index in [9.17, 15) is 5.11 Å². The van der Waals surface area contributed by atoms with Crippen molar-refractivity contribution in [2.75, 3.05) is 0 Å². The Bertz CT molecular complexity index is 691. The van der Waals surface area contributed by atoms with E-state index in [0.717, 1.165) is 22.2 Å². The van der Waals surface area contributed by atoms with Crippen molar-refractivity contribution in [2.45, 2.75) is 0 Å². The molecule has 0 spiro atoms. The second-order valence-electron chi connectivity index (χ2n) is 3.91. The Labute approximate surface area is 115 Å². The number of aromatic nitrogens is 2. The van der Waals surface area contributed by atoms with Crippen molar-refractivity contribution in [1.82, 2.24) is 7.36 Å². The van der Waals surface area contributed by atoms with Crippen molar-refractivity contribution in [1.29, 1.82) is 0 Å². The molecule has 17 heavy (non-hydrogen) atoms. The van der Waals surface area contributed by atoms with E-state index in [2.05, 4.69) is 13.4 Å². The van der Waals surface area contributed by atoms with E-state index in [1.165, 1.54) is 0 Å². The number of hydrogen-bond donors (Lipinski definition) is 1. The number of aromatic hydroxyl groups is 1. The molecule has 80 valence electrons. The molecule has 0 saturated carbocycles. The van der Waals surface area contributed by atoms with E-state index in [-0.39, 0.29) is 0 Å². The second-order valence-corrected chi connectivity index (χ2v) is 6.07. The predicted molar refractivity (Wildman–Crippen MR) is 68.0 cm³/mol. The average molecular weight is 414 g/mol. The quantitative estimate of drug-likeness (QED) is 0.622. The van der Waals surface area contributed by atoms with Gasteiger partial charge < -0.3 is 0 Å². The van der Waals surface area contributed by atoms with Gasteiger partial charge in [0.05, 0.1) is 0 Å². The van der Waals surface area contributed by atoms with Crippen LogP contribution in [0.25, 0.3) is 22.2 Å². The molecule has 0 radical (unpaired) electrons. The number of fused-ring (bicyclic) bond motifs is 1. The molecular weight excluding hydrogens is 405 g/mol. The van der Waals surface area contributed by atoms with Crippen LogP contribution in [-0.2, 0) is 0 Å². The van der Waals surface area contributed by atoms with Gasteiger partial charge in [0.2, 0.25) is 0 Å². The summed E-state index contributed by atoms with van der Waals surface area (Å²) >= 11 is 0.712. The summed E-state index contributed by atoms with van der Waals surface area (Å²) in [7, 11) is 0. The molecule has 3 rings (SSSR count). The molecule has 0 aliphatic rings. The zero-order valence-electron chi connectivity index (χ0n) is 9.04. The fourth-order valence-electron chi connectivity index (χ4n) is 1.89. The number of imidazole rings is 1. The number of hydrogen-bond acceptors (Lipinski definition) is 2.